The molecule has 7 nitrogen and oxygen atoms in total. The average Bonchev–Trinajstić information content (AvgIpc) is 3.29. The minimum absolute atomic E-state index is 0.0107. The standard InChI is InChI=1S/C25H34N6O/c1-17(32)31-12-5-7-23(31)25-27-21-10-13-30(16-20(21)24(26-2)28-25)15-18-8-9-22-19(14-18)6-4-11-29(22)3/h8-9,14,23H,4-7,10-13,15-16H2,1-3H3,(H,26,27,28)/t23-/m0/s1. The molecular formula is C25H34N6O. The summed E-state index contributed by atoms with van der Waals surface area (Å²) in [5.41, 5.74) is 6.58. The van der Waals surface area contributed by atoms with Crippen molar-refractivity contribution in [3.8, 4) is 0 Å². The van der Waals surface area contributed by atoms with Crippen LogP contribution in [0.15, 0.2) is 18.2 Å². The molecule has 0 spiro atoms. The highest BCUT2D eigenvalue weighted by Crippen LogP contribution is 2.33. The zero-order valence-corrected chi connectivity index (χ0v) is 19.5. The Bertz CT molecular complexity index is 1000. The molecule has 0 radical (unpaired) electrons. The van der Waals surface area contributed by atoms with Crippen molar-refractivity contribution in [1.82, 2.24) is 19.8 Å². The van der Waals surface area contributed by atoms with E-state index in [0.29, 0.717) is 0 Å². The number of nitrogens with zero attached hydrogens (tertiary/aromatic N) is 5. The lowest BCUT2D eigenvalue weighted by atomic mass is 9.98. The van der Waals surface area contributed by atoms with Gasteiger partial charge in [-0.15, -0.1) is 0 Å². The number of likely N-dealkylation sites (tertiary alicyclic amines) is 1. The summed E-state index contributed by atoms with van der Waals surface area (Å²) in [5.74, 6) is 1.83. The fourth-order valence-corrected chi connectivity index (χ4v) is 5.59. The van der Waals surface area contributed by atoms with E-state index in [2.05, 4.69) is 40.4 Å². The summed E-state index contributed by atoms with van der Waals surface area (Å²) in [7, 11) is 4.12. The number of carbonyl (C=O) groups excluding carboxylic acids is 1. The molecule has 32 heavy (non-hydrogen) atoms. The average molecular weight is 435 g/mol. The van der Waals surface area contributed by atoms with Crippen molar-refractivity contribution in [3.05, 3.63) is 46.4 Å². The molecule has 1 amide bonds. The number of amides is 1. The van der Waals surface area contributed by atoms with Crippen molar-refractivity contribution < 1.29 is 4.79 Å². The number of fused-ring (bicyclic) bond motifs is 2. The van der Waals surface area contributed by atoms with Gasteiger partial charge in [0.05, 0.1) is 11.7 Å². The zero-order valence-electron chi connectivity index (χ0n) is 19.5. The molecular weight excluding hydrogens is 400 g/mol. The Hall–Kier alpha value is -2.67. The quantitative estimate of drug-likeness (QED) is 0.798. The van der Waals surface area contributed by atoms with E-state index in [1.165, 1.54) is 35.2 Å². The smallest absolute Gasteiger partial charge is 0.220 e. The van der Waals surface area contributed by atoms with Crippen LogP contribution in [0.25, 0.3) is 0 Å². The lowest BCUT2D eigenvalue weighted by molar-refractivity contribution is -0.129. The Balaban J connectivity index is 1.35. The van der Waals surface area contributed by atoms with Gasteiger partial charge in [0.15, 0.2) is 5.82 Å². The van der Waals surface area contributed by atoms with Gasteiger partial charge in [-0.2, -0.15) is 0 Å². The molecule has 0 bridgehead atoms. The Morgan fingerprint density at radius 2 is 2.03 bits per heavy atom. The SMILES string of the molecule is CNc1nc([C@@H]2CCCN2C(C)=O)nc2c1CN(Cc1ccc3c(c1)CCCN3C)CC2. The molecule has 1 atom stereocenters. The predicted octanol–water partition coefficient (Wildman–Crippen LogP) is 3.14. The highest BCUT2D eigenvalue weighted by Gasteiger charge is 2.32. The summed E-state index contributed by atoms with van der Waals surface area (Å²) in [5, 5.41) is 3.31. The van der Waals surface area contributed by atoms with Crippen molar-refractivity contribution in [2.24, 2.45) is 0 Å². The molecule has 3 aliphatic heterocycles. The number of hydrogen-bond donors (Lipinski definition) is 1. The van der Waals surface area contributed by atoms with Gasteiger partial charge in [0.2, 0.25) is 5.91 Å². The Kier molecular flexibility index (Phi) is 5.76. The second-order valence-corrected chi connectivity index (χ2v) is 9.42. The van der Waals surface area contributed by atoms with Crippen LogP contribution in [0.2, 0.25) is 0 Å². The number of hydrogen-bond acceptors (Lipinski definition) is 6. The van der Waals surface area contributed by atoms with Gasteiger partial charge < -0.3 is 15.1 Å². The molecule has 0 unspecified atom stereocenters. The predicted molar refractivity (Wildman–Crippen MR) is 127 cm³/mol. The highest BCUT2D eigenvalue weighted by atomic mass is 16.2. The van der Waals surface area contributed by atoms with Gasteiger partial charge in [-0.05, 0) is 42.9 Å². The topological polar surface area (TPSA) is 64.6 Å². The zero-order chi connectivity index (χ0) is 22.2. The highest BCUT2D eigenvalue weighted by molar-refractivity contribution is 5.74. The van der Waals surface area contributed by atoms with Gasteiger partial charge in [-0.3, -0.25) is 9.69 Å². The van der Waals surface area contributed by atoms with Crippen LogP contribution >= 0.6 is 0 Å². The molecule has 0 saturated carbocycles. The van der Waals surface area contributed by atoms with Crippen molar-refractivity contribution in [1.29, 1.82) is 0 Å². The summed E-state index contributed by atoms with van der Waals surface area (Å²) >= 11 is 0. The van der Waals surface area contributed by atoms with E-state index in [1.54, 1.807) is 6.92 Å². The first-order chi connectivity index (χ1) is 15.5. The third-order valence-electron chi connectivity index (χ3n) is 7.25. The summed E-state index contributed by atoms with van der Waals surface area (Å²) < 4.78 is 0. The second kappa shape index (κ2) is 8.70. The maximum absolute atomic E-state index is 12.0. The molecule has 2 aromatic rings. The number of aromatic nitrogens is 2. The number of benzene rings is 1. The summed E-state index contributed by atoms with van der Waals surface area (Å²) in [4.78, 5) is 28.7. The maximum Gasteiger partial charge on any atom is 0.220 e. The fraction of sp³-hybridized carbons (Fsp3) is 0.560. The normalized spacial score (nSPS) is 20.8. The molecule has 1 N–H and O–H groups in total. The number of carbonyl (C=O) groups is 1. The molecule has 1 aromatic carbocycles. The first kappa shape index (κ1) is 21.2. The van der Waals surface area contributed by atoms with E-state index in [1.807, 2.05) is 11.9 Å². The van der Waals surface area contributed by atoms with E-state index in [0.717, 1.165) is 69.3 Å². The van der Waals surface area contributed by atoms with Crippen molar-refractivity contribution in [3.63, 3.8) is 0 Å². The molecule has 1 saturated heterocycles. The molecule has 1 aromatic heterocycles. The first-order valence-electron chi connectivity index (χ1n) is 11.9. The van der Waals surface area contributed by atoms with Crippen LogP contribution in [0, 0.1) is 0 Å². The Morgan fingerprint density at radius 3 is 2.84 bits per heavy atom. The molecule has 3 aliphatic rings. The molecule has 5 rings (SSSR count). The van der Waals surface area contributed by atoms with Gasteiger partial charge in [0.25, 0.3) is 0 Å². The Morgan fingerprint density at radius 1 is 1.16 bits per heavy atom. The van der Waals surface area contributed by atoms with Crippen molar-refractivity contribution >= 4 is 17.4 Å². The molecule has 170 valence electrons. The summed E-state index contributed by atoms with van der Waals surface area (Å²) in [6.07, 6.45) is 5.29. The van der Waals surface area contributed by atoms with E-state index in [4.69, 9.17) is 9.97 Å². The summed E-state index contributed by atoms with van der Waals surface area (Å²) in [6.45, 7) is 6.39. The second-order valence-electron chi connectivity index (χ2n) is 9.42. The Labute approximate surface area is 190 Å². The fourth-order valence-electron chi connectivity index (χ4n) is 5.59. The van der Waals surface area contributed by atoms with Crippen molar-refractivity contribution in [2.75, 3.05) is 43.9 Å². The number of anilines is 2. The van der Waals surface area contributed by atoms with Crippen LogP contribution < -0.4 is 10.2 Å². The van der Waals surface area contributed by atoms with Crippen LogP contribution in [0.1, 0.15) is 60.4 Å². The van der Waals surface area contributed by atoms with Gasteiger partial charge in [-0.25, -0.2) is 9.97 Å². The van der Waals surface area contributed by atoms with Crippen LogP contribution in [0.3, 0.4) is 0 Å². The van der Waals surface area contributed by atoms with Gasteiger partial charge in [0, 0.05) is 71.4 Å². The lowest BCUT2D eigenvalue weighted by Gasteiger charge is -2.32. The monoisotopic (exact) mass is 434 g/mol. The first-order valence-corrected chi connectivity index (χ1v) is 11.9. The van der Waals surface area contributed by atoms with Crippen LogP contribution in [-0.4, -0.2) is 59.4 Å². The minimum atomic E-state index is 0.0107. The van der Waals surface area contributed by atoms with Crippen molar-refractivity contribution in [2.45, 2.75) is 58.2 Å². The molecule has 0 aliphatic carbocycles. The molecule has 1 fully saturated rings. The minimum Gasteiger partial charge on any atom is -0.374 e. The van der Waals surface area contributed by atoms with E-state index in [-0.39, 0.29) is 11.9 Å². The van der Waals surface area contributed by atoms with E-state index in [9.17, 15) is 4.79 Å². The third kappa shape index (κ3) is 3.94. The molecule has 7 heteroatoms. The summed E-state index contributed by atoms with van der Waals surface area (Å²) in [6, 6.07) is 6.98. The van der Waals surface area contributed by atoms with Crippen LogP contribution in [0.5, 0.6) is 0 Å². The third-order valence-corrected chi connectivity index (χ3v) is 7.25. The van der Waals surface area contributed by atoms with Gasteiger partial charge in [0.1, 0.15) is 5.82 Å². The largest absolute Gasteiger partial charge is 0.374 e. The molecule has 4 heterocycles. The number of nitrogens with one attached hydrogen (secondary N) is 1. The van der Waals surface area contributed by atoms with Gasteiger partial charge in [-0.1, -0.05) is 12.1 Å². The maximum atomic E-state index is 12.0. The van der Waals surface area contributed by atoms with Crippen LogP contribution in [-0.2, 0) is 30.7 Å². The van der Waals surface area contributed by atoms with E-state index >= 15 is 0 Å². The number of aryl methyl sites for hydroxylation is 1. The van der Waals surface area contributed by atoms with E-state index < -0.39 is 0 Å². The number of rotatable bonds is 4. The lowest BCUT2D eigenvalue weighted by Crippen LogP contribution is -2.33. The van der Waals surface area contributed by atoms with Gasteiger partial charge >= 0.3 is 0 Å². The van der Waals surface area contributed by atoms with Crippen LogP contribution in [0.4, 0.5) is 11.5 Å².